The summed E-state index contributed by atoms with van der Waals surface area (Å²) in [7, 11) is 0. The maximum Gasteiger partial charge on any atom is 0.241 e. The molecule has 0 amide bonds. The molecule has 1 aliphatic rings. The van der Waals surface area contributed by atoms with E-state index in [1.54, 1.807) is 0 Å². The third-order valence-electron chi connectivity index (χ3n) is 4.99. The van der Waals surface area contributed by atoms with Crippen molar-refractivity contribution in [1.29, 1.82) is 0 Å². The molecule has 1 heterocycles. The van der Waals surface area contributed by atoms with Crippen LogP contribution in [0, 0.1) is 0 Å². The Balaban J connectivity index is 1.49. The molecule has 0 saturated heterocycles. The van der Waals surface area contributed by atoms with E-state index in [1.807, 2.05) is 71.7 Å². The van der Waals surface area contributed by atoms with E-state index in [0.29, 0.717) is 5.90 Å². The number of hydrogen-bond acceptors (Lipinski definition) is 3. The predicted molar refractivity (Wildman–Crippen MR) is 118 cm³/mol. The van der Waals surface area contributed by atoms with Gasteiger partial charge in [-0.25, -0.2) is 5.01 Å². The third-order valence-corrected chi connectivity index (χ3v) is 4.99. The summed E-state index contributed by atoms with van der Waals surface area (Å²) in [5, 5.41) is 6.74. The van der Waals surface area contributed by atoms with Crippen LogP contribution < -0.4 is 5.01 Å². The Morgan fingerprint density at radius 2 is 1.07 bits per heavy atom. The zero-order valence-electron chi connectivity index (χ0n) is 15.8. The van der Waals surface area contributed by atoms with Gasteiger partial charge in [-0.1, -0.05) is 91.0 Å². The molecule has 3 heteroatoms. The first-order valence-electron chi connectivity index (χ1n) is 9.69. The molecule has 1 aliphatic heterocycles. The third kappa shape index (κ3) is 3.50. The smallest absolute Gasteiger partial charge is 0.241 e. The second-order valence-corrected chi connectivity index (χ2v) is 6.91. The van der Waals surface area contributed by atoms with Crippen LogP contribution in [0.25, 0.3) is 11.1 Å². The molecule has 0 aliphatic carbocycles. The van der Waals surface area contributed by atoms with Crippen LogP contribution >= 0.6 is 0 Å². The molecule has 4 aromatic rings. The van der Waals surface area contributed by atoms with E-state index in [2.05, 4.69) is 48.5 Å². The van der Waals surface area contributed by atoms with E-state index in [-0.39, 0.29) is 6.23 Å². The normalized spacial score (nSPS) is 15.7. The molecule has 1 atom stereocenters. The highest BCUT2D eigenvalue weighted by molar-refractivity contribution is 5.96. The summed E-state index contributed by atoms with van der Waals surface area (Å²) in [6.07, 6.45) is -0.308. The predicted octanol–water partition coefficient (Wildman–Crippen LogP) is 6.25. The number of para-hydroxylation sites is 1. The van der Waals surface area contributed by atoms with Crippen LogP contribution in [-0.2, 0) is 4.74 Å². The highest BCUT2D eigenvalue weighted by Gasteiger charge is 2.31. The molecular weight excluding hydrogens is 356 g/mol. The first kappa shape index (κ1) is 17.3. The summed E-state index contributed by atoms with van der Waals surface area (Å²) in [5.74, 6) is 0.631. The minimum atomic E-state index is -0.308. The van der Waals surface area contributed by atoms with E-state index in [4.69, 9.17) is 9.84 Å². The van der Waals surface area contributed by atoms with Crippen molar-refractivity contribution in [1.82, 2.24) is 0 Å². The van der Waals surface area contributed by atoms with Crippen molar-refractivity contribution in [2.75, 3.05) is 5.01 Å². The zero-order chi connectivity index (χ0) is 19.5. The highest BCUT2D eigenvalue weighted by Crippen LogP contribution is 2.35. The molecule has 0 spiro atoms. The van der Waals surface area contributed by atoms with E-state index < -0.39 is 0 Å². The van der Waals surface area contributed by atoms with Gasteiger partial charge in [0.1, 0.15) is 0 Å². The maximum absolute atomic E-state index is 6.32. The van der Waals surface area contributed by atoms with Crippen LogP contribution in [0.1, 0.15) is 17.4 Å². The molecule has 29 heavy (non-hydrogen) atoms. The number of benzene rings is 4. The molecule has 0 saturated carbocycles. The summed E-state index contributed by atoms with van der Waals surface area (Å²) in [6, 6.07) is 39.0. The van der Waals surface area contributed by atoms with Crippen molar-refractivity contribution in [2.45, 2.75) is 6.23 Å². The van der Waals surface area contributed by atoms with Crippen molar-refractivity contribution >= 4 is 11.6 Å². The topological polar surface area (TPSA) is 24.8 Å². The lowest BCUT2D eigenvalue weighted by molar-refractivity contribution is 0.218. The number of hydrogen-bond donors (Lipinski definition) is 0. The van der Waals surface area contributed by atoms with E-state index in [1.165, 1.54) is 11.1 Å². The maximum atomic E-state index is 6.32. The minimum absolute atomic E-state index is 0.308. The van der Waals surface area contributed by atoms with Gasteiger partial charge >= 0.3 is 0 Å². The van der Waals surface area contributed by atoms with Crippen molar-refractivity contribution in [3.8, 4) is 11.1 Å². The molecule has 0 radical (unpaired) electrons. The van der Waals surface area contributed by atoms with Crippen molar-refractivity contribution < 1.29 is 4.74 Å². The zero-order valence-corrected chi connectivity index (χ0v) is 15.8. The first-order valence-corrected chi connectivity index (χ1v) is 9.69. The first-order chi connectivity index (χ1) is 14.4. The second kappa shape index (κ2) is 7.64. The van der Waals surface area contributed by atoms with Gasteiger partial charge in [-0.3, -0.25) is 0 Å². The number of nitrogens with zero attached hydrogens (tertiary/aromatic N) is 2. The summed E-state index contributed by atoms with van der Waals surface area (Å²) >= 11 is 0. The van der Waals surface area contributed by atoms with E-state index in [9.17, 15) is 0 Å². The fourth-order valence-corrected chi connectivity index (χ4v) is 3.49. The van der Waals surface area contributed by atoms with Crippen molar-refractivity contribution in [2.24, 2.45) is 5.10 Å². The van der Waals surface area contributed by atoms with Crippen LogP contribution in [0.2, 0.25) is 0 Å². The monoisotopic (exact) mass is 376 g/mol. The van der Waals surface area contributed by atoms with Crippen molar-refractivity contribution in [3.05, 3.63) is 126 Å². The molecule has 0 aromatic heterocycles. The molecule has 4 aromatic carbocycles. The van der Waals surface area contributed by atoms with Gasteiger partial charge in [0, 0.05) is 11.1 Å². The molecule has 0 fully saturated rings. The Hall–Kier alpha value is -3.85. The van der Waals surface area contributed by atoms with Gasteiger partial charge < -0.3 is 4.74 Å². The lowest BCUT2D eigenvalue weighted by Gasteiger charge is -2.22. The SMILES string of the molecule is c1ccc(C2=NN(c3ccccc3)C(c3ccc(-c4ccccc4)cc3)O2)cc1. The summed E-state index contributed by atoms with van der Waals surface area (Å²) in [4.78, 5) is 0. The van der Waals surface area contributed by atoms with Crippen LogP contribution in [-0.4, -0.2) is 5.90 Å². The fraction of sp³-hybridized carbons (Fsp3) is 0.0385. The number of ether oxygens (including phenoxy) is 1. The van der Waals surface area contributed by atoms with E-state index in [0.717, 1.165) is 16.8 Å². The van der Waals surface area contributed by atoms with Crippen LogP contribution in [0.3, 0.4) is 0 Å². The molecule has 5 rings (SSSR count). The van der Waals surface area contributed by atoms with Crippen LogP contribution in [0.5, 0.6) is 0 Å². The number of hydrazone groups is 1. The standard InChI is InChI=1S/C26H20N2O/c1-4-10-20(11-5-1)21-16-18-23(19-17-21)26-28(24-14-8-3-9-15-24)27-25(29-26)22-12-6-2-7-13-22/h1-19,26H. The summed E-state index contributed by atoms with van der Waals surface area (Å²) in [6.45, 7) is 0. The fourth-order valence-electron chi connectivity index (χ4n) is 3.49. The molecule has 0 bridgehead atoms. The lowest BCUT2D eigenvalue weighted by Crippen LogP contribution is -2.19. The molecule has 140 valence electrons. The van der Waals surface area contributed by atoms with Gasteiger partial charge in [0.05, 0.1) is 5.69 Å². The molecule has 3 nitrogen and oxygen atoms in total. The van der Waals surface area contributed by atoms with Gasteiger partial charge in [0.15, 0.2) is 0 Å². The van der Waals surface area contributed by atoms with E-state index >= 15 is 0 Å². The van der Waals surface area contributed by atoms with Crippen LogP contribution in [0.4, 0.5) is 5.69 Å². The highest BCUT2D eigenvalue weighted by atomic mass is 16.5. The average Bonchev–Trinajstić information content (AvgIpc) is 3.27. The van der Waals surface area contributed by atoms with Gasteiger partial charge in [-0.2, -0.15) is 0 Å². The second-order valence-electron chi connectivity index (χ2n) is 6.91. The van der Waals surface area contributed by atoms with Gasteiger partial charge in [0.25, 0.3) is 0 Å². The summed E-state index contributed by atoms with van der Waals surface area (Å²) in [5.41, 5.74) is 5.41. The Morgan fingerprint density at radius 3 is 1.69 bits per heavy atom. The largest absolute Gasteiger partial charge is 0.446 e. The number of rotatable bonds is 4. The van der Waals surface area contributed by atoms with Crippen LogP contribution in [0.15, 0.2) is 120 Å². The van der Waals surface area contributed by atoms with Crippen molar-refractivity contribution in [3.63, 3.8) is 0 Å². The Labute approximate surface area is 170 Å². The molecule has 1 unspecified atom stereocenters. The number of anilines is 1. The Morgan fingerprint density at radius 1 is 0.552 bits per heavy atom. The van der Waals surface area contributed by atoms with Gasteiger partial charge in [-0.05, 0) is 35.4 Å². The minimum Gasteiger partial charge on any atom is -0.446 e. The average molecular weight is 376 g/mol. The van der Waals surface area contributed by atoms with Gasteiger partial charge in [0.2, 0.25) is 12.1 Å². The molecule has 0 N–H and O–H groups in total. The quantitative estimate of drug-likeness (QED) is 0.420. The molecular formula is C26H20N2O. The Kier molecular flexibility index (Phi) is 4.55. The van der Waals surface area contributed by atoms with Gasteiger partial charge in [-0.15, -0.1) is 5.10 Å². The Bertz CT molecular complexity index is 1110. The lowest BCUT2D eigenvalue weighted by atomic mass is 10.0. The summed E-state index contributed by atoms with van der Waals surface area (Å²) < 4.78 is 6.32.